The van der Waals surface area contributed by atoms with Crippen LogP contribution >= 0.6 is 0 Å². The molecule has 7 heteroatoms. The van der Waals surface area contributed by atoms with Gasteiger partial charge in [0, 0.05) is 30.2 Å². The second-order valence-electron chi connectivity index (χ2n) is 7.06. The first-order valence-corrected chi connectivity index (χ1v) is 9.71. The Labute approximate surface area is 164 Å². The lowest BCUT2D eigenvalue weighted by Crippen LogP contribution is -2.22. The number of primary amides is 1. The molecule has 3 heterocycles. The highest BCUT2D eigenvalue weighted by Gasteiger charge is 2.11. The number of hydrogen-bond acceptors (Lipinski definition) is 5. The van der Waals surface area contributed by atoms with E-state index in [1.54, 1.807) is 12.1 Å². The van der Waals surface area contributed by atoms with Crippen LogP contribution in [-0.2, 0) is 0 Å². The van der Waals surface area contributed by atoms with Crippen LogP contribution in [0.5, 0.6) is 5.75 Å². The SMILES string of the molecule is NC(=O)Oc1cccn2cc(-c3ccc(NCCCN4CCCC4)cc3)nc12. The first-order valence-electron chi connectivity index (χ1n) is 9.71. The van der Waals surface area contributed by atoms with E-state index in [1.165, 1.54) is 32.5 Å². The number of imidazole rings is 1. The summed E-state index contributed by atoms with van der Waals surface area (Å²) < 4.78 is 6.85. The van der Waals surface area contributed by atoms with Crippen molar-refractivity contribution in [1.82, 2.24) is 14.3 Å². The molecule has 1 amide bonds. The number of nitrogens with zero attached hydrogens (tertiary/aromatic N) is 3. The van der Waals surface area contributed by atoms with Crippen molar-refractivity contribution >= 4 is 17.4 Å². The van der Waals surface area contributed by atoms with Gasteiger partial charge < -0.3 is 25.1 Å². The summed E-state index contributed by atoms with van der Waals surface area (Å²) in [5.74, 6) is 0.345. The first-order chi connectivity index (χ1) is 13.7. The highest BCUT2D eigenvalue weighted by atomic mass is 16.5. The van der Waals surface area contributed by atoms with E-state index in [-0.39, 0.29) is 0 Å². The van der Waals surface area contributed by atoms with E-state index in [2.05, 4.69) is 27.3 Å². The zero-order valence-electron chi connectivity index (χ0n) is 15.8. The molecule has 1 aromatic carbocycles. The Morgan fingerprint density at radius 1 is 1.18 bits per heavy atom. The van der Waals surface area contributed by atoms with Crippen molar-refractivity contribution in [3.05, 3.63) is 48.8 Å². The van der Waals surface area contributed by atoms with Gasteiger partial charge in [0.05, 0.1) is 5.69 Å². The molecule has 0 saturated carbocycles. The van der Waals surface area contributed by atoms with E-state index in [0.29, 0.717) is 11.4 Å². The van der Waals surface area contributed by atoms with Gasteiger partial charge in [0.25, 0.3) is 0 Å². The van der Waals surface area contributed by atoms with Crippen LogP contribution in [0, 0.1) is 0 Å². The van der Waals surface area contributed by atoms with Crippen molar-refractivity contribution in [3.63, 3.8) is 0 Å². The third-order valence-corrected chi connectivity index (χ3v) is 5.02. The minimum absolute atomic E-state index is 0.345. The minimum atomic E-state index is -0.849. The molecule has 1 fully saturated rings. The van der Waals surface area contributed by atoms with Gasteiger partial charge in [0.1, 0.15) is 0 Å². The molecule has 0 bridgehead atoms. The number of amides is 1. The molecule has 0 aliphatic carbocycles. The number of benzene rings is 1. The summed E-state index contributed by atoms with van der Waals surface area (Å²) in [7, 11) is 0. The van der Waals surface area contributed by atoms with Gasteiger partial charge in [-0.3, -0.25) is 0 Å². The van der Waals surface area contributed by atoms with Crippen molar-refractivity contribution in [3.8, 4) is 17.0 Å². The summed E-state index contributed by atoms with van der Waals surface area (Å²) in [6.45, 7) is 4.64. The molecule has 0 unspecified atom stereocenters. The van der Waals surface area contributed by atoms with Crippen molar-refractivity contribution in [2.45, 2.75) is 19.3 Å². The van der Waals surface area contributed by atoms with Crippen LogP contribution in [0.15, 0.2) is 48.8 Å². The molecule has 7 nitrogen and oxygen atoms in total. The fraction of sp³-hybridized carbons (Fsp3) is 0.333. The fourth-order valence-corrected chi connectivity index (χ4v) is 3.61. The number of nitrogens with two attached hydrogens (primary N) is 1. The van der Waals surface area contributed by atoms with Gasteiger partial charge in [-0.25, -0.2) is 9.78 Å². The van der Waals surface area contributed by atoms with Gasteiger partial charge in [0.2, 0.25) is 0 Å². The van der Waals surface area contributed by atoms with Gasteiger partial charge in [0.15, 0.2) is 11.4 Å². The smallest absolute Gasteiger partial charge is 0.406 e. The zero-order valence-corrected chi connectivity index (χ0v) is 15.8. The lowest BCUT2D eigenvalue weighted by Gasteiger charge is -2.14. The Bertz CT molecular complexity index is 945. The molecule has 146 valence electrons. The lowest BCUT2D eigenvalue weighted by molar-refractivity contribution is 0.211. The summed E-state index contributed by atoms with van der Waals surface area (Å²) in [6, 6.07) is 11.7. The third-order valence-electron chi connectivity index (χ3n) is 5.02. The number of likely N-dealkylation sites (tertiary alicyclic amines) is 1. The molecular weight excluding hydrogens is 354 g/mol. The topological polar surface area (TPSA) is 84.9 Å². The Morgan fingerprint density at radius 2 is 1.96 bits per heavy atom. The number of carbonyl (C=O) groups is 1. The number of anilines is 1. The van der Waals surface area contributed by atoms with Gasteiger partial charge in [-0.05, 0) is 63.2 Å². The molecule has 0 radical (unpaired) electrons. The Morgan fingerprint density at radius 3 is 2.71 bits per heavy atom. The summed E-state index contributed by atoms with van der Waals surface area (Å²) in [6.07, 6.45) is 6.74. The zero-order chi connectivity index (χ0) is 19.3. The minimum Gasteiger partial charge on any atom is -0.406 e. The third kappa shape index (κ3) is 4.26. The second-order valence-corrected chi connectivity index (χ2v) is 7.06. The van der Waals surface area contributed by atoms with Crippen molar-refractivity contribution in [2.75, 3.05) is 31.5 Å². The molecule has 1 aliphatic heterocycles. The summed E-state index contributed by atoms with van der Waals surface area (Å²) in [4.78, 5) is 18.2. The number of rotatable bonds is 7. The van der Waals surface area contributed by atoms with Crippen LogP contribution < -0.4 is 15.8 Å². The molecule has 1 saturated heterocycles. The molecule has 4 rings (SSSR count). The molecule has 1 aliphatic rings. The monoisotopic (exact) mass is 379 g/mol. The second kappa shape index (κ2) is 8.31. The van der Waals surface area contributed by atoms with Crippen LogP contribution in [-0.4, -0.2) is 46.6 Å². The first kappa shape index (κ1) is 18.3. The fourth-order valence-electron chi connectivity index (χ4n) is 3.61. The summed E-state index contributed by atoms with van der Waals surface area (Å²) >= 11 is 0. The molecule has 3 aromatic rings. The van der Waals surface area contributed by atoms with Crippen LogP contribution in [0.2, 0.25) is 0 Å². The van der Waals surface area contributed by atoms with Crippen molar-refractivity contribution < 1.29 is 9.53 Å². The van der Waals surface area contributed by atoms with Crippen LogP contribution in [0.25, 0.3) is 16.9 Å². The van der Waals surface area contributed by atoms with Gasteiger partial charge in [-0.15, -0.1) is 0 Å². The van der Waals surface area contributed by atoms with Gasteiger partial charge in [-0.2, -0.15) is 0 Å². The molecule has 0 atom stereocenters. The van der Waals surface area contributed by atoms with E-state index in [0.717, 1.165) is 29.9 Å². The molecule has 28 heavy (non-hydrogen) atoms. The van der Waals surface area contributed by atoms with Crippen molar-refractivity contribution in [1.29, 1.82) is 0 Å². The predicted molar refractivity (Wildman–Crippen MR) is 110 cm³/mol. The van der Waals surface area contributed by atoms with Gasteiger partial charge in [-0.1, -0.05) is 12.1 Å². The largest absolute Gasteiger partial charge is 0.410 e. The number of carbonyl (C=O) groups excluding carboxylic acids is 1. The number of nitrogens with one attached hydrogen (secondary N) is 1. The van der Waals surface area contributed by atoms with E-state index < -0.39 is 6.09 Å². The lowest BCUT2D eigenvalue weighted by atomic mass is 10.1. The van der Waals surface area contributed by atoms with Crippen LogP contribution in [0.4, 0.5) is 10.5 Å². The Hall–Kier alpha value is -3.06. The molecule has 0 spiro atoms. The predicted octanol–water partition coefficient (Wildman–Crippen LogP) is 3.36. The van der Waals surface area contributed by atoms with Crippen molar-refractivity contribution in [2.24, 2.45) is 5.73 Å². The number of hydrogen-bond donors (Lipinski definition) is 2. The average Bonchev–Trinajstić information content (AvgIpc) is 3.35. The number of pyridine rings is 1. The Balaban J connectivity index is 1.40. The van der Waals surface area contributed by atoms with E-state index >= 15 is 0 Å². The highest BCUT2D eigenvalue weighted by molar-refractivity contribution is 5.73. The highest BCUT2D eigenvalue weighted by Crippen LogP contribution is 2.25. The van der Waals surface area contributed by atoms with E-state index in [4.69, 9.17) is 10.5 Å². The number of fused-ring (bicyclic) bond motifs is 1. The number of ether oxygens (including phenoxy) is 1. The van der Waals surface area contributed by atoms with E-state index in [1.807, 2.05) is 28.9 Å². The van der Waals surface area contributed by atoms with E-state index in [9.17, 15) is 4.79 Å². The molecule has 2 aromatic heterocycles. The molecular formula is C21H25N5O2. The van der Waals surface area contributed by atoms with Crippen LogP contribution in [0.3, 0.4) is 0 Å². The Kier molecular flexibility index (Phi) is 5.43. The van der Waals surface area contributed by atoms with Crippen LogP contribution in [0.1, 0.15) is 19.3 Å². The average molecular weight is 379 g/mol. The maximum absolute atomic E-state index is 11.1. The van der Waals surface area contributed by atoms with Gasteiger partial charge >= 0.3 is 6.09 Å². The number of aromatic nitrogens is 2. The standard InChI is InChI=1S/C21H25N5O2/c22-21(27)28-19-5-3-14-26-15-18(24-20(19)26)16-6-8-17(9-7-16)23-10-4-13-25-11-1-2-12-25/h3,5-9,14-15,23H,1-2,4,10-13H2,(H2,22,27). The summed E-state index contributed by atoms with van der Waals surface area (Å²) in [5.41, 5.74) is 8.59. The maximum atomic E-state index is 11.1. The quantitative estimate of drug-likeness (QED) is 0.615. The molecule has 3 N–H and O–H groups in total. The normalized spacial score (nSPS) is 14.4. The maximum Gasteiger partial charge on any atom is 0.410 e. The summed E-state index contributed by atoms with van der Waals surface area (Å²) in [5, 5.41) is 3.48.